The maximum absolute atomic E-state index is 12.9. The number of ether oxygens (including phenoxy) is 1. The second kappa shape index (κ2) is 9.61. The fourth-order valence-electron chi connectivity index (χ4n) is 4.23. The first-order chi connectivity index (χ1) is 13.8. The predicted molar refractivity (Wildman–Crippen MR) is 113 cm³/mol. The number of nitrogens with zero attached hydrogens (tertiary/aromatic N) is 2. The molecule has 160 valence electrons. The van der Waals surface area contributed by atoms with Crippen LogP contribution in [-0.2, 0) is 16.1 Å². The van der Waals surface area contributed by atoms with E-state index in [4.69, 9.17) is 4.74 Å². The zero-order valence-electron chi connectivity index (χ0n) is 18.0. The number of carbonyl (C=O) groups excluding carboxylic acids is 2. The van der Waals surface area contributed by atoms with Crippen LogP contribution in [0.4, 0.5) is 4.79 Å². The molecule has 2 heterocycles. The third kappa shape index (κ3) is 6.20. The van der Waals surface area contributed by atoms with Crippen LogP contribution < -0.4 is 5.32 Å². The minimum absolute atomic E-state index is 0.0569. The van der Waals surface area contributed by atoms with Crippen LogP contribution in [0.15, 0.2) is 30.3 Å². The number of benzene rings is 1. The Morgan fingerprint density at radius 3 is 2.55 bits per heavy atom. The Bertz CT molecular complexity index is 686. The van der Waals surface area contributed by atoms with Gasteiger partial charge in [-0.15, -0.1) is 0 Å². The van der Waals surface area contributed by atoms with Crippen molar-refractivity contribution < 1.29 is 14.3 Å². The Morgan fingerprint density at radius 2 is 1.83 bits per heavy atom. The summed E-state index contributed by atoms with van der Waals surface area (Å²) in [6.45, 7) is 8.72. The van der Waals surface area contributed by atoms with Crippen LogP contribution >= 0.6 is 0 Å². The number of carbonyl (C=O) groups is 2. The zero-order valence-corrected chi connectivity index (χ0v) is 18.0. The van der Waals surface area contributed by atoms with E-state index in [0.717, 1.165) is 25.9 Å². The largest absolute Gasteiger partial charge is 0.444 e. The summed E-state index contributed by atoms with van der Waals surface area (Å²) >= 11 is 0. The number of hydrogen-bond acceptors (Lipinski definition) is 4. The van der Waals surface area contributed by atoms with Crippen molar-refractivity contribution in [2.75, 3.05) is 19.6 Å². The Kier molecular flexibility index (Phi) is 7.17. The molecule has 6 nitrogen and oxygen atoms in total. The number of rotatable bonds is 5. The van der Waals surface area contributed by atoms with Crippen LogP contribution in [0.3, 0.4) is 0 Å². The summed E-state index contributed by atoms with van der Waals surface area (Å²) in [5, 5.41) is 3.13. The van der Waals surface area contributed by atoms with Crippen molar-refractivity contribution in [1.29, 1.82) is 0 Å². The fraction of sp³-hybridized carbons (Fsp3) is 0.652. The topological polar surface area (TPSA) is 61.9 Å². The van der Waals surface area contributed by atoms with Crippen molar-refractivity contribution >= 4 is 12.0 Å². The molecule has 2 fully saturated rings. The molecule has 6 heteroatoms. The first-order valence-electron chi connectivity index (χ1n) is 10.9. The Morgan fingerprint density at radius 1 is 1.07 bits per heavy atom. The van der Waals surface area contributed by atoms with E-state index < -0.39 is 17.7 Å². The van der Waals surface area contributed by atoms with Gasteiger partial charge in [0.25, 0.3) is 0 Å². The molecule has 29 heavy (non-hydrogen) atoms. The highest BCUT2D eigenvalue weighted by Crippen LogP contribution is 2.22. The van der Waals surface area contributed by atoms with Gasteiger partial charge in [0.05, 0.1) is 0 Å². The third-order valence-corrected chi connectivity index (χ3v) is 5.67. The van der Waals surface area contributed by atoms with Crippen LogP contribution in [0.2, 0.25) is 0 Å². The van der Waals surface area contributed by atoms with E-state index in [-0.39, 0.29) is 5.91 Å². The van der Waals surface area contributed by atoms with Crippen LogP contribution in [0.1, 0.15) is 58.4 Å². The summed E-state index contributed by atoms with van der Waals surface area (Å²) in [6, 6.07) is 10.4. The average Bonchev–Trinajstić information content (AvgIpc) is 3.17. The maximum atomic E-state index is 12.9. The number of piperidine rings is 1. The number of nitrogens with one attached hydrogen (secondary N) is 1. The van der Waals surface area contributed by atoms with E-state index in [2.05, 4.69) is 34.5 Å². The SMILES string of the molecule is CC(C)(C)OC(=O)N1CCC[C@H]1C(=O)NCC1CCCCN1Cc1ccccc1. The normalized spacial score (nSPS) is 23.1. The van der Waals surface area contributed by atoms with Gasteiger partial charge in [-0.05, 0) is 58.6 Å². The zero-order chi connectivity index (χ0) is 20.9. The smallest absolute Gasteiger partial charge is 0.410 e. The summed E-state index contributed by atoms with van der Waals surface area (Å²) in [5.74, 6) is -0.0569. The minimum Gasteiger partial charge on any atom is -0.444 e. The van der Waals surface area contributed by atoms with E-state index in [1.54, 1.807) is 4.90 Å². The molecule has 2 atom stereocenters. The van der Waals surface area contributed by atoms with Crippen molar-refractivity contribution in [3.63, 3.8) is 0 Å². The van der Waals surface area contributed by atoms with Crippen molar-refractivity contribution in [3.05, 3.63) is 35.9 Å². The van der Waals surface area contributed by atoms with Crippen LogP contribution in [0.25, 0.3) is 0 Å². The van der Waals surface area contributed by atoms with Crippen molar-refractivity contribution in [2.45, 2.75) is 77.1 Å². The lowest BCUT2D eigenvalue weighted by Gasteiger charge is -2.36. The van der Waals surface area contributed by atoms with Gasteiger partial charge in [-0.3, -0.25) is 14.6 Å². The number of amides is 2. The summed E-state index contributed by atoms with van der Waals surface area (Å²) in [5.41, 5.74) is 0.749. The molecular weight excluding hydrogens is 366 g/mol. The summed E-state index contributed by atoms with van der Waals surface area (Å²) < 4.78 is 5.48. The Balaban J connectivity index is 1.54. The second-order valence-corrected chi connectivity index (χ2v) is 9.18. The highest BCUT2D eigenvalue weighted by atomic mass is 16.6. The number of hydrogen-bond donors (Lipinski definition) is 1. The van der Waals surface area contributed by atoms with Gasteiger partial charge in [-0.25, -0.2) is 4.79 Å². The average molecular weight is 402 g/mol. The summed E-state index contributed by atoms with van der Waals surface area (Å²) in [4.78, 5) is 29.4. The van der Waals surface area contributed by atoms with E-state index in [0.29, 0.717) is 25.6 Å². The molecule has 0 spiro atoms. The standard InChI is InChI=1S/C23H35N3O3/c1-23(2,3)29-22(28)26-15-9-13-20(26)21(27)24-16-19-12-7-8-14-25(19)17-18-10-5-4-6-11-18/h4-6,10-11,19-20H,7-9,12-17H2,1-3H3,(H,24,27)/t19?,20-/m0/s1. The lowest BCUT2D eigenvalue weighted by molar-refractivity contribution is -0.125. The Labute approximate surface area is 174 Å². The highest BCUT2D eigenvalue weighted by Gasteiger charge is 2.37. The maximum Gasteiger partial charge on any atom is 0.410 e. The van der Waals surface area contributed by atoms with Crippen molar-refractivity contribution in [1.82, 2.24) is 15.1 Å². The van der Waals surface area contributed by atoms with Gasteiger partial charge in [0.15, 0.2) is 0 Å². The van der Waals surface area contributed by atoms with Gasteiger partial charge in [-0.2, -0.15) is 0 Å². The lowest BCUT2D eigenvalue weighted by Crippen LogP contribution is -2.51. The molecule has 1 N–H and O–H groups in total. The molecular formula is C23H35N3O3. The molecule has 2 aliphatic heterocycles. The first kappa shape index (κ1) is 21.6. The molecule has 2 aliphatic rings. The van der Waals surface area contributed by atoms with Crippen LogP contribution in [0.5, 0.6) is 0 Å². The van der Waals surface area contributed by atoms with Crippen LogP contribution in [-0.4, -0.2) is 59.1 Å². The van der Waals surface area contributed by atoms with Gasteiger partial charge in [0.1, 0.15) is 11.6 Å². The molecule has 1 aromatic carbocycles. The molecule has 0 aromatic heterocycles. The quantitative estimate of drug-likeness (QED) is 0.820. The van der Waals surface area contributed by atoms with E-state index in [9.17, 15) is 9.59 Å². The molecule has 1 aromatic rings. The molecule has 1 unspecified atom stereocenters. The molecule has 0 radical (unpaired) electrons. The minimum atomic E-state index is -0.555. The highest BCUT2D eigenvalue weighted by molar-refractivity contribution is 5.86. The van der Waals surface area contributed by atoms with Crippen molar-refractivity contribution in [2.24, 2.45) is 0 Å². The van der Waals surface area contributed by atoms with Gasteiger partial charge in [-0.1, -0.05) is 36.8 Å². The molecule has 2 saturated heterocycles. The van der Waals surface area contributed by atoms with E-state index in [1.807, 2.05) is 26.8 Å². The number of likely N-dealkylation sites (tertiary alicyclic amines) is 2. The van der Waals surface area contributed by atoms with E-state index in [1.165, 1.54) is 18.4 Å². The predicted octanol–water partition coefficient (Wildman–Crippen LogP) is 3.56. The van der Waals surface area contributed by atoms with Gasteiger partial charge >= 0.3 is 6.09 Å². The fourth-order valence-corrected chi connectivity index (χ4v) is 4.23. The molecule has 0 bridgehead atoms. The summed E-state index contributed by atoms with van der Waals surface area (Å²) in [6.07, 6.45) is 4.63. The van der Waals surface area contributed by atoms with E-state index >= 15 is 0 Å². The van der Waals surface area contributed by atoms with Gasteiger partial charge in [0, 0.05) is 25.7 Å². The molecule has 0 saturated carbocycles. The molecule has 3 rings (SSSR count). The second-order valence-electron chi connectivity index (χ2n) is 9.18. The van der Waals surface area contributed by atoms with Gasteiger partial charge in [0.2, 0.25) is 5.91 Å². The van der Waals surface area contributed by atoms with Crippen LogP contribution in [0, 0.1) is 0 Å². The van der Waals surface area contributed by atoms with Crippen molar-refractivity contribution in [3.8, 4) is 0 Å². The molecule has 2 amide bonds. The lowest BCUT2D eigenvalue weighted by atomic mass is 10.0. The molecule has 0 aliphatic carbocycles. The third-order valence-electron chi connectivity index (χ3n) is 5.67. The van der Waals surface area contributed by atoms with Gasteiger partial charge < -0.3 is 10.1 Å². The first-order valence-corrected chi connectivity index (χ1v) is 10.9. The monoisotopic (exact) mass is 401 g/mol. The Hall–Kier alpha value is -2.08. The summed E-state index contributed by atoms with van der Waals surface area (Å²) in [7, 11) is 0.